The third kappa shape index (κ3) is 3.17. The Morgan fingerprint density at radius 1 is 1.10 bits per heavy atom. The van der Waals surface area contributed by atoms with E-state index in [1.165, 1.54) is 12.2 Å². The SMILES string of the molecule is O=C(C=CC1C=CC(O)=C(O)C1)c1c(O)cc(O)cc1O. The van der Waals surface area contributed by atoms with E-state index in [0.29, 0.717) is 0 Å². The predicted molar refractivity (Wildman–Crippen MR) is 74.4 cm³/mol. The van der Waals surface area contributed by atoms with Gasteiger partial charge in [-0.2, -0.15) is 0 Å². The normalized spacial score (nSPS) is 18.4. The summed E-state index contributed by atoms with van der Waals surface area (Å²) in [7, 11) is 0. The first kappa shape index (κ1) is 14.5. The quantitative estimate of drug-likeness (QED) is 0.431. The van der Waals surface area contributed by atoms with E-state index in [-0.39, 0.29) is 35.2 Å². The van der Waals surface area contributed by atoms with Crippen molar-refractivity contribution in [2.24, 2.45) is 5.92 Å². The van der Waals surface area contributed by atoms with Crippen LogP contribution in [0.1, 0.15) is 16.8 Å². The molecule has 1 aromatic rings. The van der Waals surface area contributed by atoms with Gasteiger partial charge in [-0.25, -0.2) is 0 Å². The molecule has 6 nitrogen and oxygen atoms in total. The predicted octanol–water partition coefficient (Wildman–Crippen LogP) is 2.45. The summed E-state index contributed by atoms with van der Waals surface area (Å²) in [5.41, 5.74) is -0.313. The fourth-order valence-electron chi connectivity index (χ4n) is 1.98. The summed E-state index contributed by atoms with van der Waals surface area (Å²) in [5.74, 6) is -2.72. The molecule has 0 aliphatic heterocycles. The highest BCUT2D eigenvalue weighted by molar-refractivity contribution is 6.08. The number of carbonyl (C=O) groups is 1. The van der Waals surface area contributed by atoms with Crippen LogP contribution in [0.4, 0.5) is 0 Å². The molecule has 21 heavy (non-hydrogen) atoms. The van der Waals surface area contributed by atoms with E-state index in [2.05, 4.69) is 0 Å². The van der Waals surface area contributed by atoms with Crippen LogP contribution in [0.25, 0.3) is 0 Å². The summed E-state index contributed by atoms with van der Waals surface area (Å²) in [5, 5.41) is 47.0. The molecule has 0 aromatic heterocycles. The number of phenols is 3. The molecule has 6 heteroatoms. The molecule has 1 aliphatic rings. The minimum Gasteiger partial charge on any atom is -0.508 e. The van der Waals surface area contributed by atoms with Gasteiger partial charge in [0, 0.05) is 24.5 Å². The summed E-state index contributed by atoms with van der Waals surface area (Å²) in [6.45, 7) is 0. The lowest BCUT2D eigenvalue weighted by Crippen LogP contribution is -2.04. The highest BCUT2D eigenvalue weighted by Gasteiger charge is 2.17. The number of aliphatic hydroxyl groups is 2. The molecule has 0 saturated carbocycles. The maximum Gasteiger partial charge on any atom is 0.193 e. The molecular formula is C15H14O6. The van der Waals surface area contributed by atoms with Crippen molar-refractivity contribution >= 4 is 5.78 Å². The van der Waals surface area contributed by atoms with E-state index in [1.807, 2.05) is 0 Å². The number of phenolic OH excluding ortho intramolecular Hbond substituents is 3. The minimum absolute atomic E-state index is 0.152. The first-order valence-electron chi connectivity index (χ1n) is 6.15. The topological polar surface area (TPSA) is 118 Å². The number of hydrogen-bond acceptors (Lipinski definition) is 6. The van der Waals surface area contributed by atoms with E-state index in [4.69, 9.17) is 0 Å². The van der Waals surface area contributed by atoms with Gasteiger partial charge in [-0.3, -0.25) is 4.79 Å². The summed E-state index contributed by atoms with van der Waals surface area (Å²) in [4.78, 5) is 11.9. The van der Waals surface area contributed by atoms with Crippen molar-refractivity contribution < 1.29 is 30.3 Å². The molecule has 0 bridgehead atoms. The van der Waals surface area contributed by atoms with Gasteiger partial charge in [0.2, 0.25) is 0 Å². The van der Waals surface area contributed by atoms with E-state index in [1.54, 1.807) is 6.08 Å². The number of carbonyl (C=O) groups excluding carboxylic acids is 1. The van der Waals surface area contributed by atoms with Crippen LogP contribution in [0.15, 0.2) is 48.0 Å². The van der Waals surface area contributed by atoms with Crippen molar-refractivity contribution in [1.82, 2.24) is 0 Å². The third-order valence-electron chi connectivity index (χ3n) is 3.05. The number of aliphatic hydroxyl groups excluding tert-OH is 2. The molecule has 2 rings (SSSR count). The number of benzene rings is 1. The first-order chi connectivity index (χ1) is 9.88. The van der Waals surface area contributed by atoms with Gasteiger partial charge >= 0.3 is 0 Å². The lowest BCUT2D eigenvalue weighted by molar-refractivity contribution is 0.104. The second-order valence-electron chi connectivity index (χ2n) is 4.64. The maximum absolute atomic E-state index is 11.9. The van der Waals surface area contributed by atoms with Crippen molar-refractivity contribution in [1.29, 1.82) is 0 Å². The zero-order valence-corrected chi connectivity index (χ0v) is 10.9. The number of aromatic hydroxyl groups is 3. The second-order valence-corrected chi connectivity index (χ2v) is 4.64. The number of ketones is 1. The van der Waals surface area contributed by atoms with E-state index < -0.39 is 17.3 Å². The highest BCUT2D eigenvalue weighted by Crippen LogP contribution is 2.32. The Kier molecular flexibility index (Phi) is 3.89. The summed E-state index contributed by atoms with van der Waals surface area (Å²) < 4.78 is 0. The molecule has 1 unspecified atom stereocenters. The molecule has 1 aliphatic carbocycles. The minimum atomic E-state index is -0.642. The Balaban J connectivity index is 2.16. The third-order valence-corrected chi connectivity index (χ3v) is 3.05. The van der Waals surface area contributed by atoms with Gasteiger partial charge in [-0.05, 0) is 12.2 Å². The summed E-state index contributed by atoms with van der Waals surface area (Å²) >= 11 is 0. The van der Waals surface area contributed by atoms with Crippen molar-refractivity contribution in [3.63, 3.8) is 0 Å². The molecule has 1 aromatic carbocycles. The van der Waals surface area contributed by atoms with Crippen LogP contribution in [0.5, 0.6) is 17.2 Å². The molecule has 1 atom stereocenters. The van der Waals surface area contributed by atoms with Gasteiger partial charge in [-0.1, -0.05) is 12.2 Å². The Morgan fingerprint density at radius 2 is 1.71 bits per heavy atom. The van der Waals surface area contributed by atoms with Crippen molar-refractivity contribution in [2.75, 3.05) is 0 Å². The molecule has 0 radical (unpaired) electrons. The zero-order chi connectivity index (χ0) is 15.6. The van der Waals surface area contributed by atoms with Crippen LogP contribution >= 0.6 is 0 Å². The highest BCUT2D eigenvalue weighted by atomic mass is 16.3. The van der Waals surface area contributed by atoms with Crippen molar-refractivity contribution in [3.8, 4) is 17.2 Å². The lowest BCUT2D eigenvalue weighted by atomic mass is 9.97. The molecule has 0 fully saturated rings. The maximum atomic E-state index is 11.9. The zero-order valence-electron chi connectivity index (χ0n) is 10.9. The average Bonchev–Trinajstić information content (AvgIpc) is 2.39. The molecule has 0 saturated heterocycles. The van der Waals surface area contributed by atoms with Crippen molar-refractivity contribution in [2.45, 2.75) is 6.42 Å². The molecule has 0 amide bonds. The molecule has 0 spiro atoms. The Labute approximate surface area is 120 Å². The van der Waals surface area contributed by atoms with Crippen LogP contribution in [0, 0.1) is 5.92 Å². The fourth-order valence-corrected chi connectivity index (χ4v) is 1.98. The largest absolute Gasteiger partial charge is 0.508 e. The molecule has 110 valence electrons. The number of allylic oxidation sites excluding steroid dienone is 5. The monoisotopic (exact) mass is 290 g/mol. The Hall–Kier alpha value is -2.89. The van der Waals surface area contributed by atoms with Gasteiger partial charge in [0.05, 0.1) is 0 Å². The molecular weight excluding hydrogens is 276 g/mol. The van der Waals surface area contributed by atoms with Crippen LogP contribution in [-0.2, 0) is 0 Å². The van der Waals surface area contributed by atoms with Gasteiger partial charge < -0.3 is 25.5 Å². The summed E-state index contributed by atoms with van der Waals surface area (Å²) in [6, 6.07) is 1.90. The lowest BCUT2D eigenvalue weighted by Gasteiger charge is -2.12. The Bertz CT molecular complexity index is 646. The van der Waals surface area contributed by atoms with Gasteiger partial charge in [0.25, 0.3) is 0 Å². The fraction of sp³-hybridized carbons (Fsp3) is 0.133. The standard InChI is InChI=1S/C15H14O6/c16-9-6-13(20)15(14(21)7-9)11(18)4-2-8-1-3-10(17)12(19)5-8/h1-4,6-8,16-17,19-21H,5H2. The van der Waals surface area contributed by atoms with E-state index in [0.717, 1.165) is 18.2 Å². The van der Waals surface area contributed by atoms with Crippen molar-refractivity contribution in [3.05, 3.63) is 53.5 Å². The van der Waals surface area contributed by atoms with Crippen LogP contribution in [0.3, 0.4) is 0 Å². The van der Waals surface area contributed by atoms with Crippen LogP contribution in [0.2, 0.25) is 0 Å². The average molecular weight is 290 g/mol. The number of rotatable bonds is 3. The van der Waals surface area contributed by atoms with E-state index >= 15 is 0 Å². The van der Waals surface area contributed by atoms with Gasteiger partial charge in [-0.15, -0.1) is 0 Å². The smallest absolute Gasteiger partial charge is 0.193 e. The van der Waals surface area contributed by atoms with Gasteiger partial charge in [0.1, 0.15) is 28.6 Å². The van der Waals surface area contributed by atoms with Gasteiger partial charge in [0.15, 0.2) is 11.5 Å². The molecule has 0 heterocycles. The number of hydrogen-bond donors (Lipinski definition) is 5. The first-order valence-corrected chi connectivity index (χ1v) is 6.15. The summed E-state index contributed by atoms with van der Waals surface area (Å²) in [6.07, 6.45) is 5.71. The van der Waals surface area contributed by atoms with E-state index in [9.17, 15) is 30.3 Å². The van der Waals surface area contributed by atoms with Crippen LogP contribution < -0.4 is 0 Å². The Morgan fingerprint density at radius 3 is 2.29 bits per heavy atom. The molecule has 5 N–H and O–H groups in total. The second kappa shape index (κ2) is 5.62. The van der Waals surface area contributed by atoms with Crippen LogP contribution in [-0.4, -0.2) is 31.3 Å².